The molecule has 12 rings (SSSR count). The van der Waals surface area contributed by atoms with Crippen molar-refractivity contribution in [2.75, 3.05) is 4.90 Å². The van der Waals surface area contributed by atoms with Crippen LogP contribution in [-0.2, 0) is 11.8 Å². The van der Waals surface area contributed by atoms with E-state index in [1.54, 1.807) is 0 Å². The first-order valence-electron chi connectivity index (χ1n) is 21.8. The van der Waals surface area contributed by atoms with Crippen molar-refractivity contribution in [3.63, 3.8) is 0 Å². The first kappa shape index (κ1) is 35.9. The van der Waals surface area contributed by atoms with Crippen LogP contribution >= 0.6 is 0 Å². The minimum Gasteiger partial charge on any atom is -0.458 e. The van der Waals surface area contributed by atoms with Gasteiger partial charge in [-0.2, -0.15) is 0 Å². The second kappa shape index (κ2) is 13.5. The molecule has 4 nitrogen and oxygen atoms in total. The highest BCUT2D eigenvalue weighted by molar-refractivity contribution is 6.99. The Bertz CT molecular complexity index is 3330. The minimum absolute atomic E-state index is 0.0533. The Hall–Kier alpha value is -6.98. The summed E-state index contributed by atoms with van der Waals surface area (Å²) in [5, 5.41) is 4.76. The summed E-state index contributed by atoms with van der Waals surface area (Å²) in [6, 6.07) is 60.2. The van der Waals surface area contributed by atoms with Gasteiger partial charge in [-0.05, 0) is 118 Å². The van der Waals surface area contributed by atoms with Crippen molar-refractivity contribution in [2.24, 2.45) is 0 Å². The highest BCUT2D eigenvalue weighted by Crippen LogP contribution is 2.47. The number of hydrogen-bond acceptors (Lipinski definition) is 3. The molecule has 4 heterocycles. The van der Waals surface area contributed by atoms with Gasteiger partial charge in [-0.3, -0.25) is 0 Å². The molecule has 10 aromatic rings. The summed E-state index contributed by atoms with van der Waals surface area (Å²) in [4.78, 5) is 2.58. The Labute approximate surface area is 356 Å². The standard InChI is InChI=1S/C56H45BN2O2/c1-5-6-16-37-30-53-43(42-21-12-15-24-51(42)60-53)34-48(37)59-49-33-39(58-46-22-13-10-19-40(46)41-20-11-14-23-47(41)58)26-27-44(49)57-45-29-36(35-17-8-7-9-18-35)25-28-52(45)61-54-32-38(56(2,3)4)31-50(59)55(54)57/h7-15,17-34H,5-6,16H2,1-4H3. The van der Waals surface area contributed by atoms with Crippen LogP contribution in [0, 0.1) is 0 Å². The van der Waals surface area contributed by atoms with Gasteiger partial charge in [0.15, 0.2) is 0 Å². The highest BCUT2D eigenvalue weighted by Gasteiger charge is 2.43. The van der Waals surface area contributed by atoms with Gasteiger partial charge in [0.05, 0.1) is 16.7 Å². The van der Waals surface area contributed by atoms with E-state index in [9.17, 15) is 0 Å². The average Bonchev–Trinajstić information content (AvgIpc) is 3.82. The maximum absolute atomic E-state index is 7.09. The topological polar surface area (TPSA) is 30.5 Å². The van der Waals surface area contributed by atoms with Crippen molar-refractivity contribution < 1.29 is 9.15 Å². The summed E-state index contributed by atoms with van der Waals surface area (Å²) in [6.07, 6.45) is 3.10. The SMILES string of the molecule is CCCCc1cc2oc3ccccc3c2cc1N1c2cc(-n3c4ccccc4c4ccccc43)ccc2B2c3cc(-c4ccccc4)ccc3Oc3cc(C(C)(C)C)cc1c32. The Morgan fingerprint density at radius 1 is 0.541 bits per heavy atom. The van der Waals surface area contributed by atoms with Gasteiger partial charge in [-0.15, -0.1) is 0 Å². The van der Waals surface area contributed by atoms with Crippen LogP contribution in [0.15, 0.2) is 168 Å². The molecular weight excluding hydrogens is 743 g/mol. The third-order valence-corrected chi connectivity index (χ3v) is 13.2. The summed E-state index contributed by atoms with van der Waals surface area (Å²) in [5.74, 6) is 1.84. The van der Waals surface area contributed by atoms with Crippen molar-refractivity contribution in [1.29, 1.82) is 0 Å². The number of furan rings is 1. The normalized spacial score (nSPS) is 13.2. The van der Waals surface area contributed by atoms with E-state index in [1.807, 2.05) is 0 Å². The molecule has 0 fully saturated rings. The first-order valence-corrected chi connectivity index (χ1v) is 21.8. The van der Waals surface area contributed by atoms with Crippen LogP contribution in [0.25, 0.3) is 60.6 Å². The van der Waals surface area contributed by atoms with Crippen LogP contribution in [0.1, 0.15) is 51.7 Å². The number of fused-ring (bicyclic) bond motifs is 10. The van der Waals surface area contributed by atoms with E-state index in [0.717, 1.165) is 58.4 Å². The molecule has 0 amide bonds. The lowest BCUT2D eigenvalue weighted by Crippen LogP contribution is -2.59. The summed E-state index contributed by atoms with van der Waals surface area (Å²) in [7, 11) is 0. The Morgan fingerprint density at radius 2 is 1.26 bits per heavy atom. The Morgan fingerprint density at radius 3 is 2.02 bits per heavy atom. The van der Waals surface area contributed by atoms with E-state index in [2.05, 4.69) is 201 Å². The zero-order chi connectivity index (χ0) is 41.0. The monoisotopic (exact) mass is 788 g/mol. The second-order valence-corrected chi connectivity index (χ2v) is 17.9. The number of aromatic nitrogens is 1. The largest absolute Gasteiger partial charge is 0.458 e. The van der Waals surface area contributed by atoms with Gasteiger partial charge in [0.25, 0.3) is 6.71 Å². The van der Waals surface area contributed by atoms with Gasteiger partial charge in [0.1, 0.15) is 22.7 Å². The predicted octanol–water partition coefficient (Wildman–Crippen LogP) is 13.4. The molecular formula is C56H45BN2O2. The number of benzene rings is 8. The lowest BCUT2D eigenvalue weighted by Gasteiger charge is -2.42. The van der Waals surface area contributed by atoms with E-state index >= 15 is 0 Å². The number of rotatable bonds is 6. The van der Waals surface area contributed by atoms with E-state index in [1.165, 1.54) is 77.5 Å². The lowest BCUT2D eigenvalue weighted by atomic mass is 9.34. The highest BCUT2D eigenvalue weighted by atomic mass is 16.5. The number of aryl methyl sites for hydroxylation is 1. The molecule has 0 N–H and O–H groups in total. The zero-order valence-corrected chi connectivity index (χ0v) is 35.0. The molecule has 0 aliphatic carbocycles. The molecule has 0 saturated carbocycles. The van der Waals surface area contributed by atoms with Crippen LogP contribution in [-0.4, -0.2) is 11.3 Å². The molecule has 0 unspecified atom stereocenters. The molecule has 0 radical (unpaired) electrons. The van der Waals surface area contributed by atoms with Gasteiger partial charge in [-0.25, -0.2) is 0 Å². The summed E-state index contributed by atoms with van der Waals surface area (Å²) in [6.45, 7) is 9.14. The first-order chi connectivity index (χ1) is 29.8. The fraction of sp³-hybridized carbons (Fsp3) is 0.143. The zero-order valence-electron chi connectivity index (χ0n) is 35.0. The van der Waals surface area contributed by atoms with Gasteiger partial charge < -0.3 is 18.6 Å². The fourth-order valence-corrected chi connectivity index (χ4v) is 10.2. The molecule has 0 atom stereocenters. The van der Waals surface area contributed by atoms with Crippen molar-refractivity contribution in [1.82, 2.24) is 4.57 Å². The minimum atomic E-state index is -0.131. The van der Waals surface area contributed by atoms with Crippen LogP contribution in [0.3, 0.4) is 0 Å². The summed E-state index contributed by atoms with van der Waals surface area (Å²) < 4.78 is 16.1. The van der Waals surface area contributed by atoms with Gasteiger partial charge >= 0.3 is 0 Å². The molecule has 61 heavy (non-hydrogen) atoms. The van der Waals surface area contributed by atoms with Gasteiger partial charge in [0.2, 0.25) is 0 Å². The molecule has 2 aromatic heterocycles. The predicted molar refractivity (Wildman–Crippen MR) is 257 cm³/mol. The Balaban J connectivity index is 1.20. The van der Waals surface area contributed by atoms with Crippen molar-refractivity contribution in [3.05, 3.63) is 175 Å². The number of anilines is 3. The number of ether oxygens (including phenoxy) is 1. The van der Waals surface area contributed by atoms with E-state index in [0.29, 0.717) is 0 Å². The van der Waals surface area contributed by atoms with Crippen LogP contribution in [0.4, 0.5) is 17.1 Å². The maximum Gasteiger partial charge on any atom is 0.256 e. The lowest BCUT2D eigenvalue weighted by molar-refractivity contribution is 0.483. The van der Waals surface area contributed by atoms with E-state index in [4.69, 9.17) is 9.15 Å². The van der Waals surface area contributed by atoms with Crippen LogP contribution in [0.5, 0.6) is 11.5 Å². The van der Waals surface area contributed by atoms with Crippen molar-refractivity contribution in [2.45, 2.75) is 52.4 Å². The van der Waals surface area contributed by atoms with Crippen molar-refractivity contribution >= 4 is 83.9 Å². The van der Waals surface area contributed by atoms with Crippen LogP contribution < -0.4 is 26.0 Å². The molecule has 5 heteroatoms. The van der Waals surface area contributed by atoms with E-state index in [-0.39, 0.29) is 12.1 Å². The third-order valence-electron chi connectivity index (χ3n) is 13.2. The van der Waals surface area contributed by atoms with Crippen LogP contribution in [0.2, 0.25) is 0 Å². The molecule has 2 aliphatic heterocycles. The summed E-state index contributed by atoms with van der Waals surface area (Å²) in [5.41, 5.74) is 17.3. The fourth-order valence-electron chi connectivity index (χ4n) is 10.2. The number of hydrogen-bond donors (Lipinski definition) is 0. The number of unbranched alkanes of at least 4 members (excludes halogenated alkanes) is 1. The average molecular weight is 789 g/mol. The van der Waals surface area contributed by atoms with Crippen molar-refractivity contribution in [3.8, 4) is 28.3 Å². The number of nitrogens with zero attached hydrogens (tertiary/aromatic N) is 2. The summed E-state index contributed by atoms with van der Waals surface area (Å²) >= 11 is 0. The molecule has 294 valence electrons. The smallest absolute Gasteiger partial charge is 0.256 e. The Kier molecular flexibility index (Phi) is 7.96. The van der Waals surface area contributed by atoms with E-state index < -0.39 is 0 Å². The molecule has 0 bridgehead atoms. The second-order valence-electron chi connectivity index (χ2n) is 17.9. The molecule has 2 aliphatic rings. The molecule has 0 saturated heterocycles. The number of para-hydroxylation sites is 3. The molecule has 0 spiro atoms. The molecule has 8 aromatic carbocycles. The third kappa shape index (κ3) is 5.53. The van der Waals surface area contributed by atoms with Gasteiger partial charge in [-0.1, -0.05) is 137 Å². The maximum atomic E-state index is 7.09. The van der Waals surface area contributed by atoms with Gasteiger partial charge in [0, 0.05) is 38.6 Å². The quantitative estimate of drug-likeness (QED) is 0.157.